The molecule has 5 heteroatoms. The second-order valence-corrected chi connectivity index (χ2v) is 10.2. The summed E-state index contributed by atoms with van der Waals surface area (Å²) in [6.45, 7) is 13.2. The van der Waals surface area contributed by atoms with E-state index in [1.54, 1.807) is 0 Å². The summed E-state index contributed by atoms with van der Waals surface area (Å²) in [4.78, 5) is 23.0. The van der Waals surface area contributed by atoms with Crippen molar-refractivity contribution in [3.05, 3.63) is 12.2 Å². The van der Waals surface area contributed by atoms with Crippen LogP contribution in [0.4, 0.5) is 0 Å². The van der Waals surface area contributed by atoms with Crippen LogP contribution < -0.4 is 5.73 Å². The van der Waals surface area contributed by atoms with Crippen molar-refractivity contribution in [2.24, 2.45) is 40.2 Å². The predicted molar refractivity (Wildman–Crippen MR) is 113 cm³/mol. The third-order valence-electron chi connectivity index (χ3n) is 8.82. The number of carbonyl (C=O) groups is 2. The first-order valence-electron chi connectivity index (χ1n) is 11.3. The van der Waals surface area contributed by atoms with Gasteiger partial charge in [-0.25, -0.2) is 0 Å². The molecule has 0 radical (unpaired) electrons. The lowest BCUT2D eigenvalue weighted by molar-refractivity contribution is -0.160. The molecule has 0 bridgehead atoms. The molecule has 3 rings (SSSR count). The summed E-state index contributed by atoms with van der Waals surface area (Å²) in [5.74, 6) is 1.25. The Balaban J connectivity index is 1.85. The van der Waals surface area contributed by atoms with Crippen LogP contribution in [0.2, 0.25) is 0 Å². The zero-order chi connectivity index (χ0) is 21.4. The molecule has 0 spiro atoms. The fraction of sp³-hybridized carbons (Fsp3) is 0.833. The smallest absolute Gasteiger partial charge is 0.302 e. The lowest BCUT2D eigenvalue weighted by Crippen LogP contribution is -2.53. The maximum Gasteiger partial charge on any atom is 0.302 e. The molecule has 5 nitrogen and oxygen atoms in total. The number of nitrogens with two attached hydrogens (primary N) is 1. The molecular formula is C24H39NO4. The first-order valence-corrected chi connectivity index (χ1v) is 11.3. The summed E-state index contributed by atoms with van der Waals surface area (Å²) in [6.07, 6.45) is 7.13. The second kappa shape index (κ2) is 8.41. The minimum absolute atomic E-state index is 0.0292. The third kappa shape index (κ3) is 4.12. The Kier molecular flexibility index (Phi) is 6.47. The van der Waals surface area contributed by atoms with Gasteiger partial charge in [0.05, 0.1) is 6.61 Å². The van der Waals surface area contributed by atoms with Gasteiger partial charge >= 0.3 is 11.9 Å². The van der Waals surface area contributed by atoms with Crippen LogP contribution >= 0.6 is 0 Å². The topological polar surface area (TPSA) is 78.6 Å². The van der Waals surface area contributed by atoms with Gasteiger partial charge in [0.1, 0.15) is 6.10 Å². The standard InChI is InChI=1S/C24H39NO4/c1-15-6-7-21-20(13-25)22(9-11-23(15,21)4)24(5)10-8-19(29-17(3)27)12-18(24)14-28-16(2)26/h18-22H,1,6-14,25H2,2-5H3/t18-,19+,20+,21?,22?,23-,24+/m1/s1. The van der Waals surface area contributed by atoms with Crippen molar-refractivity contribution in [2.45, 2.75) is 78.7 Å². The monoisotopic (exact) mass is 405 g/mol. The van der Waals surface area contributed by atoms with Gasteiger partial charge in [0, 0.05) is 19.8 Å². The van der Waals surface area contributed by atoms with Crippen LogP contribution in [0.15, 0.2) is 12.2 Å². The number of hydrogen-bond acceptors (Lipinski definition) is 5. The molecule has 2 N–H and O–H groups in total. The van der Waals surface area contributed by atoms with Gasteiger partial charge in [-0.2, -0.15) is 0 Å². The number of rotatable bonds is 5. The Morgan fingerprint density at radius 3 is 2.45 bits per heavy atom. The van der Waals surface area contributed by atoms with E-state index in [0.717, 1.165) is 32.1 Å². The molecule has 3 aliphatic carbocycles. The van der Waals surface area contributed by atoms with Crippen molar-refractivity contribution in [1.29, 1.82) is 0 Å². The Morgan fingerprint density at radius 1 is 1.10 bits per heavy atom. The van der Waals surface area contributed by atoms with E-state index >= 15 is 0 Å². The molecule has 3 saturated carbocycles. The van der Waals surface area contributed by atoms with Gasteiger partial charge in [0.25, 0.3) is 0 Å². The van der Waals surface area contributed by atoms with Crippen LogP contribution in [0.25, 0.3) is 0 Å². The molecule has 0 aliphatic heterocycles. The van der Waals surface area contributed by atoms with Gasteiger partial charge < -0.3 is 15.2 Å². The van der Waals surface area contributed by atoms with Gasteiger partial charge in [-0.1, -0.05) is 26.0 Å². The molecule has 0 aromatic heterocycles. The van der Waals surface area contributed by atoms with Crippen LogP contribution in [0.3, 0.4) is 0 Å². The zero-order valence-electron chi connectivity index (χ0n) is 18.7. The SMILES string of the molecule is C=C1CCC2[C@H](CN)C([C@@]3(C)CC[C@H](OC(C)=O)C[C@@H]3COC(C)=O)CC[C@]12C. The summed E-state index contributed by atoms with van der Waals surface area (Å²) >= 11 is 0. The normalized spacial score (nSPS) is 42.2. The van der Waals surface area contributed by atoms with E-state index < -0.39 is 0 Å². The summed E-state index contributed by atoms with van der Waals surface area (Å²) < 4.78 is 11.0. The van der Waals surface area contributed by atoms with Gasteiger partial charge in [0.2, 0.25) is 0 Å². The summed E-state index contributed by atoms with van der Waals surface area (Å²) in [7, 11) is 0. The predicted octanol–water partition coefficient (Wildman–Crippen LogP) is 4.25. The Hall–Kier alpha value is -1.36. The number of ether oxygens (including phenoxy) is 2. The molecule has 3 aliphatic rings. The fourth-order valence-corrected chi connectivity index (χ4v) is 7.03. The first-order chi connectivity index (χ1) is 13.6. The molecule has 0 aromatic rings. The second-order valence-electron chi connectivity index (χ2n) is 10.2. The molecule has 0 aromatic carbocycles. The molecular weight excluding hydrogens is 366 g/mol. The highest BCUT2D eigenvalue weighted by molar-refractivity contribution is 5.66. The minimum Gasteiger partial charge on any atom is -0.466 e. The van der Waals surface area contributed by atoms with E-state index in [9.17, 15) is 9.59 Å². The Labute approximate surface area is 175 Å². The lowest BCUT2D eigenvalue weighted by Gasteiger charge is -2.56. The van der Waals surface area contributed by atoms with Crippen molar-refractivity contribution < 1.29 is 19.1 Å². The molecule has 29 heavy (non-hydrogen) atoms. The molecule has 0 amide bonds. The van der Waals surface area contributed by atoms with Gasteiger partial charge in [-0.15, -0.1) is 0 Å². The van der Waals surface area contributed by atoms with Crippen LogP contribution in [0, 0.1) is 34.5 Å². The maximum absolute atomic E-state index is 11.5. The fourth-order valence-electron chi connectivity index (χ4n) is 7.03. The van der Waals surface area contributed by atoms with E-state index in [2.05, 4.69) is 20.4 Å². The third-order valence-corrected chi connectivity index (χ3v) is 8.82. The van der Waals surface area contributed by atoms with Crippen molar-refractivity contribution in [3.8, 4) is 0 Å². The maximum atomic E-state index is 11.5. The number of hydrogen-bond donors (Lipinski definition) is 1. The molecule has 3 fully saturated rings. The highest BCUT2D eigenvalue weighted by Crippen LogP contribution is 2.63. The van der Waals surface area contributed by atoms with Crippen LogP contribution in [-0.2, 0) is 19.1 Å². The van der Waals surface area contributed by atoms with E-state index in [0.29, 0.717) is 30.9 Å². The molecule has 0 saturated heterocycles. The average Bonchev–Trinajstić information content (AvgIpc) is 2.96. The van der Waals surface area contributed by atoms with Crippen molar-refractivity contribution in [2.75, 3.05) is 13.2 Å². The Morgan fingerprint density at radius 2 is 1.83 bits per heavy atom. The van der Waals surface area contributed by atoms with Gasteiger partial charge in [-0.05, 0) is 80.1 Å². The average molecular weight is 406 g/mol. The van der Waals surface area contributed by atoms with E-state index in [4.69, 9.17) is 15.2 Å². The number of allylic oxidation sites excluding steroid dienone is 1. The Bertz CT molecular complexity index is 661. The summed E-state index contributed by atoms with van der Waals surface area (Å²) in [5.41, 5.74) is 8.05. The highest BCUT2D eigenvalue weighted by Gasteiger charge is 2.56. The van der Waals surface area contributed by atoms with Crippen LogP contribution in [0.1, 0.15) is 72.6 Å². The molecule has 2 unspecified atom stereocenters. The highest BCUT2D eigenvalue weighted by atomic mass is 16.5. The largest absolute Gasteiger partial charge is 0.466 e. The van der Waals surface area contributed by atoms with Gasteiger partial charge in [0.15, 0.2) is 0 Å². The quantitative estimate of drug-likeness (QED) is 0.546. The zero-order valence-corrected chi connectivity index (χ0v) is 18.7. The first kappa shape index (κ1) is 22.3. The minimum atomic E-state index is -0.249. The lowest BCUT2D eigenvalue weighted by atomic mass is 9.49. The summed E-state index contributed by atoms with van der Waals surface area (Å²) in [6, 6.07) is 0. The van der Waals surface area contributed by atoms with E-state index in [1.165, 1.54) is 32.3 Å². The van der Waals surface area contributed by atoms with Crippen molar-refractivity contribution >= 4 is 11.9 Å². The van der Waals surface area contributed by atoms with Crippen LogP contribution in [0.5, 0.6) is 0 Å². The van der Waals surface area contributed by atoms with E-state index in [1.807, 2.05) is 0 Å². The summed E-state index contributed by atoms with van der Waals surface area (Å²) in [5, 5.41) is 0. The molecule has 0 heterocycles. The number of carbonyl (C=O) groups excluding carboxylic acids is 2. The van der Waals surface area contributed by atoms with Gasteiger partial charge in [-0.3, -0.25) is 9.59 Å². The molecule has 7 atom stereocenters. The van der Waals surface area contributed by atoms with Crippen molar-refractivity contribution in [1.82, 2.24) is 0 Å². The van der Waals surface area contributed by atoms with E-state index in [-0.39, 0.29) is 34.8 Å². The number of esters is 2. The van der Waals surface area contributed by atoms with Crippen molar-refractivity contribution in [3.63, 3.8) is 0 Å². The number of fused-ring (bicyclic) bond motifs is 1. The molecule has 164 valence electrons. The van der Waals surface area contributed by atoms with Crippen LogP contribution in [-0.4, -0.2) is 31.2 Å².